The van der Waals surface area contributed by atoms with Crippen molar-refractivity contribution in [2.24, 2.45) is 5.92 Å². The van der Waals surface area contributed by atoms with Crippen molar-refractivity contribution < 1.29 is 0 Å². The molecular weight excluding hydrogens is 264 g/mol. The van der Waals surface area contributed by atoms with E-state index >= 15 is 0 Å². The molecule has 0 amide bonds. The van der Waals surface area contributed by atoms with Crippen molar-refractivity contribution in [2.75, 3.05) is 11.9 Å². The number of benzene rings is 1. The Morgan fingerprint density at radius 3 is 2.60 bits per heavy atom. The van der Waals surface area contributed by atoms with Crippen LogP contribution in [0.3, 0.4) is 0 Å². The quantitative estimate of drug-likeness (QED) is 0.774. The maximum atomic E-state index is 5.67. The molecule has 0 radical (unpaired) electrons. The van der Waals surface area contributed by atoms with E-state index in [4.69, 9.17) is 12.2 Å². The predicted molar refractivity (Wildman–Crippen MR) is 89.1 cm³/mol. The summed E-state index contributed by atoms with van der Waals surface area (Å²) < 4.78 is 0. The third kappa shape index (κ3) is 2.98. The molecule has 0 aromatic heterocycles. The zero-order valence-corrected chi connectivity index (χ0v) is 13.1. The zero-order chi connectivity index (χ0) is 13.9. The van der Waals surface area contributed by atoms with Crippen LogP contribution in [0.25, 0.3) is 0 Å². The van der Waals surface area contributed by atoms with E-state index in [0.717, 1.165) is 23.3 Å². The van der Waals surface area contributed by atoms with Crippen LogP contribution in [0.1, 0.15) is 44.1 Å². The summed E-state index contributed by atoms with van der Waals surface area (Å²) in [7, 11) is 0. The van der Waals surface area contributed by atoms with Crippen LogP contribution in [0.4, 0.5) is 5.69 Å². The molecule has 3 heteroatoms. The van der Waals surface area contributed by atoms with Crippen molar-refractivity contribution in [1.82, 2.24) is 4.90 Å². The highest BCUT2D eigenvalue weighted by molar-refractivity contribution is 7.80. The first kappa shape index (κ1) is 13.9. The first-order valence-corrected chi connectivity index (χ1v) is 8.29. The van der Waals surface area contributed by atoms with Gasteiger partial charge in [-0.05, 0) is 62.9 Å². The molecular formula is C17H24N2S. The molecule has 2 fully saturated rings. The van der Waals surface area contributed by atoms with Crippen molar-refractivity contribution in [3.63, 3.8) is 0 Å². The maximum Gasteiger partial charge on any atom is 0.173 e. The Morgan fingerprint density at radius 1 is 1.10 bits per heavy atom. The summed E-state index contributed by atoms with van der Waals surface area (Å²) in [5.41, 5.74) is 2.39. The molecule has 1 saturated carbocycles. The van der Waals surface area contributed by atoms with E-state index in [0.29, 0.717) is 6.04 Å². The Kier molecular flexibility index (Phi) is 4.25. The monoisotopic (exact) mass is 288 g/mol. The highest BCUT2D eigenvalue weighted by atomic mass is 32.1. The highest BCUT2D eigenvalue weighted by Gasteiger charge is 2.34. The van der Waals surface area contributed by atoms with Gasteiger partial charge in [-0.2, -0.15) is 0 Å². The minimum atomic E-state index is 0.683. The molecule has 108 valence electrons. The second-order valence-corrected chi connectivity index (χ2v) is 6.63. The number of thiocarbonyl (C=S) groups is 1. The lowest BCUT2D eigenvalue weighted by molar-refractivity contribution is 0.121. The fourth-order valence-corrected chi connectivity index (χ4v) is 4.05. The minimum absolute atomic E-state index is 0.683. The molecule has 0 spiro atoms. The number of anilines is 1. The van der Waals surface area contributed by atoms with Gasteiger partial charge < -0.3 is 10.2 Å². The number of hydrogen-bond acceptors (Lipinski definition) is 1. The van der Waals surface area contributed by atoms with Gasteiger partial charge in [0, 0.05) is 18.3 Å². The number of nitrogens with one attached hydrogen (secondary N) is 1. The van der Waals surface area contributed by atoms with Gasteiger partial charge in [-0.25, -0.2) is 0 Å². The summed E-state index contributed by atoms with van der Waals surface area (Å²) in [4.78, 5) is 2.46. The topological polar surface area (TPSA) is 15.3 Å². The SMILES string of the molecule is Cc1ccc(NC(=S)N2CCC[C@H]3CCCC[C@H]32)cc1. The fraction of sp³-hybridized carbons (Fsp3) is 0.588. The van der Waals surface area contributed by atoms with E-state index in [1.54, 1.807) is 0 Å². The third-order valence-corrected chi connectivity index (χ3v) is 5.14. The van der Waals surface area contributed by atoms with E-state index in [1.807, 2.05) is 0 Å². The first-order valence-electron chi connectivity index (χ1n) is 7.88. The van der Waals surface area contributed by atoms with Gasteiger partial charge >= 0.3 is 0 Å². The Morgan fingerprint density at radius 2 is 1.80 bits per heavy atom. The van der Waals surface area contributed by atoms with Gasteiger partial charge in [-0.1, -0.05) is 30.5 Å². The van der Waals surface area contributed by atoms with Crippen LogP contribution in [0.15, 0.2) is 24.3 Å². The van der Waals surface area contributed by atoms with Gasteiger partial charge in [0.15, 0.2) is 5.11 Å². The van der Waals surface area contributed by atoms with Crippen LogP contribution >= 0.6 is 12.2 Å². The number of aryl methyl sites for hydroxylation is 1. The molecule has 1 aromatic rings. The number of nitrogens with zero attached hydrogens (tertiary/aromatic N) is 1. The van der Waals surface area contributed by atoms with Crippen molar-refractivity contribution in [3.05, 3.63) is 29.8 Å². The number of hydrogen-bond donors (Lipinski definition) is 1. The number of rotatable bonds is 1. The standard InChI is InChI=1S/C17H24N2S/c1-13-8-10-15(11-9-13)18-17(20)19-12-4-6-14-5-2-3-7-16(14)19/h8-11,14,16H,2-7,12H2,1H3,(H,18,20)/t14-,16-/m1/s1. The molecule has 20 heavy (non-hydrogen) atoms. The van der Waals surface area contributed by atoms with Crippen LogP contribution in [-0.4, -0.2) is 22.6 Å². The molecule has 1 heterocycles. The molecule has 1 N–H and O–H groups in total. The fourth-order valence-electron chi connectivity index (χ4n) is 3.71. The highest BCUT2D eigenvalue weighted by Crippen LogP contribution is 2.35. The second-order valence-electron chi connectivity index (χ2n) is 6.24. The van der Waals surface area contributed by atoms with Gasteiger partial charge in [-0.3, -0.25) is 0 Å². The van der Waals surface area contributed by atoms with Gasteiger partial charge in [0.1, 0.15) is 0 Å². The van der Waals surface area contributed by atoms with Crippen LogP contribution in [0.5, 0.6) is 0 Å². The molecule has 0 bridgehead atoms. The number of fused-ring (bicyclic) bond motifs is 1. The molecule has 2 aliphatic rings. The van der Waals surface area contributed by atoms with E-state index in [-0.39, 0.29) is 0 Å². The summed E-state index contributed by atoms with van der Waals surface area (Å²) >= 11 is 5.67. The minimum Gasteiger partial charge on any atom is -0.346 e. The average molecular weight is 288 g/mol. The lowest BCUT2D eigenvalue weighted by Crippen LogP contribution is -2.51. The number of piperidine rings is 1. The van der Waals surface area contributed by atoms with Crippen LogP contribution in [0.2, 0.25) is 0 Å². The van der Waals surface area contributed by atoms with E-state index in [2.05, 4.69) is 41.4 Å². The van der Waals surface area contributed by atoms with E-state index in [9.17, 15) is 0 Å². The molecule has 1 aliphatic carbocycles. The maximum absolute atomic E-state index is 5.67. The normalized spacial score (nSPS) is 25.9. The van der Waals surface area contributed by atoms with Crippen LogP contribution in [0, 0.1) is 12.8 Å². The zero-order valence-electron chi connectivity index (χ0n) is 12.3. The van der Waals surface area contributed by atoms with Crippen molar-refractivity contribution in [1.29, 1.82) is 0 Å². The average Bonchev–Trinajstić information content (AvgIpc) is 2.49. The van der Waals surface area contributed by atoms with E-state index in [1.165, 1.54) is 44.1 Å². The summed E-state index contributed by atoms with van der Waals surface area (Å²) in [5, 5.41) is 4.35. The van der Waals surface area contributed by atoms with E-state index < -0.39 is 0 Å². The molecule has 1 aromatic carbocycles. The summed E-state index contributed by atoms with van der Waals surface area (Å²) in [6.45, 7) is 3.23. The molecule has 1 aliphatic heterocycles. The Labute approximate surface area is 127 Å². The molecule has 3 rings (SSSR count). The van der Waals surface area contributed by atoms with Crippen LogP contribution in [-0.2, 0) is 0 Å². The molecule has 1 saturated heterocycles. The lowest BCUT2D eigenvalue weighted by Gasteiger charge is -2.45. The smallest absolute Gasteiger partial charge is 0.173 e. The predicted octanol–water partition coefficient (Wildman–Crippen LogP) is 4.35. The van der Waals surface area contributed by atoms with Gasteiger partial charge in [-0.15, -0.1) is 0 Å². The van der Waals surface area contributed by atoms with Crippen molar-refractivity contribution in [2.45, 2.75) is 51.5 Å². The van der Waals surface area contributed by atoms with Gasteiger partial charge in [0.05, 0.1) is 0 Å². The van der Waals surface area contributed by atoms with Crippen molar-refractivity contribution >= 4 is 23.0 Å². The number of likely N-dealkylation sites (tertiary alicyclic amines) is 1. The molecule has 0 unspecified atom stereocenters. The summed E-state index contributed by atoms with van der Waals surface area (Å²) in [5.74, 6) is 0.871. The second kappa shape index (κ2) is 6.13. The Balaban J connectivity index is 1.67. The summed E-state index contributed by atoms with van der Waals surface area (Å²) in [6, 6.07) is 9.17. The lowest BCUT2D eigenvalue weighted by atomic mass is 9.78. The van der Waals surface area contributed by atoms with Crippen LogP contribution < -0.4 is 5.32 Å². The van der Waals surface area contributed by atoms with Crippen molar-refractivity contribution in [3.8, 4) is 0 Å². The third-order valence-electron chi connectivity index (χ3n) is 4.81. The molecule has 2 nitrogen and oxygen atoms in total. The Hall–Kier alpha value is -1.09. The van der Waals surface area contributed by atoms with Gasteiger partial charge in [0.25, 0.3) is 0 Å². The largest absolute Gasteiger partial charge is 0.346 e. The molecule has 2 atom stereocenters. The van der Waals surface area contributed by atoms with Gasteiger partial charge in [0.2, 0.25) is 0 Å². The Bertz CT molecular complexity index is 466. The first-order chi connectivity index (χ1) is 9.74. The summed E-state index contributed by atoms with van der Waals surface area (Å²) in [6.07, 6.45) is 8.18.